The predicted octanol–water partition coefficient (Wildman–Crippen LogP) is 4.27. The highest BCUT2D eigenvalue weighted by Crippen LogP contribution is 2.37. The Morgan fingerprint density at radius 3 is 2.35 bits per heavy atom. The maximum Gasteiger partial charge on any atom is 0.321 e. The number of carbonyl (C=O) groups is 2. The van der Waals surface area contributed by atoms with Crippen molar-refractivity contribution in [3.8, 4) is 11.5 Å². The lowest BCUT2D eigenvalue weighted by Gasteiger charge is -2.34. The Bertz CT molecular complexity index is 931. The molecule has 0 radical (unpaired) electrons. The summed E-state index contributed by atoms with van der Waals surface area (Å²) in [4.78, 5) is 28.7. The van der Waals surface area contributed by atoms with Gasteiger partial charge in [0, 0.05) is 37.4 Å². The summed E-state index contributed by atoms with van der Waals surface area (Å²) < 4.78 is 24.0. The monoisotopic (exact) mass is 449 g/mol. The maximum atomic E-state index is 13.0. The molecule has 0 bridgehead atoms. The largest absolute Gasteiger partial charge is 0.493 e. The van der Waals surface area contributed by atoms with Gasteiger partial charge in [0.15, 0.2) is 11.5 Å². The van der Waals surface area contributed by atoms with E-state index in [0.29, 0.717) is 60.6 Å². The van der Waals surface area contributed by atoms with Gasteiger partial charge in [0.2, 0.25) is 0 Å². The van der Waals surface area contributed by atoms with Crippen molar-refractivity contribution in [1.82, 2.24) is 9.80 Å². The van der Waals surface area contributed by atoms with E-state index in [1.807, 2.05) is 6.92 Å². The number of urea groups is 1. The van der Waals surface area contributed by atoms with E-state index in [4.69, 9.17) is 21.1 Å². The van der Waals surface area contributed by atoms with Gasteiger partial charge < -0.3 is 24.6 Å². The molecular formula is C22H25ClFN3O4. The number of anilines is 1. The normalized spacial score (nSPS) is 13.7. The molecule has 0 spiro atoms. The standard InChI is InChI=1S/C22H25ClFN3O4/c1-3-12-31-20-18(23)13-15(14-19(20)30-2)21(28)26-8-10-27(11-9-26)22(29)25-17-6-4-16(24)5-7-17/h4-7,13-14H,3,8-12H2,1-2H3,(H,25,29). The SMILES string of the molecule is CCCOc1c(Cl)cc(C(=O)N2CCN(C(=O)Nc3ccc(F)cc3)CC2)cc1OC. The van der Waals surface area contributed by atoms with Crippen LogP contribution < -0.4 is 14.8 Å². The molecule has 9 heteroatoms. The van der Waals surface area contributed by atoms with E-state index in [1.165, 1.54) is 31.4 Å². The van der Waals surface area contributed by atoms with Gasteiger partial charge in [-0.3, -0.25) is 4.79 Å². The van der Waals surface area contributed by atoms with E-state index in [2.05, 4.69) is 5.32 Å². The smallest absolute Gasteiger partial charge is 0.321 e. The summed E-state index contributed by atoms with van der Waals surface area (Å²) in [5.41, 5.74) is 0.909. The van der Waals surface area contributed by atoms with Crippen LogP contribution in [0, 0.1) is 5.82 Å². The number of nitrogens with zero attached hydrogens (tertiary/aromatic N) is 2. The second-order valence-corrected chi connectivity index (χ2v) is 7.46. The summed E-state index contributed by atoms with van der Waals surface area (Å²) in [7, 11) is 1.50. The zero-order chi connectivity index (χ0) is 22.4. The van der Waals surface area contributed by atoms with Crippen LogP contribution in [0.3, 0.4) is 0 Å². The number of benzene rings is 2. The van der Waals surface area contributed by atoms with Gasteiger partial charge in [-0.05, 0) is 42.8 Å². The van der Waals surface area contributed by atoms with Crippen molar-refractivity contribution in [3.63, 3.8) is 0 Å². The number of amides is 3. The second kappa shape index (κ2) is 10.3. The molecule has 0 aliphatic carbocycles. The first-order valence-corrected chi connectivity index (χ1v) is 10.4. The third kappa shape index (κ3) is 5.58. The minimum atomic E-state index is -0.369. The summed E-state index contributed by atoms with van der Waals surface area (Å²) in [5, 5.41) is 3.04. The predicted molar refractivity (Wildman–Crippen MR) is 117 cm³/mol. The van der Waals surface area contributed by atoms with E-state index in [-0.39, 0.29) is 17.8 Å². The van der Waals surface area contributed by atoms with E-state index in [0.717, 1.165) is 6.42 Å². The lowest BCUT2D eigenvalue weighted by Crippen LogP contribution is -2.51. The third-order valence-electron chi connectivity index (χ3n) is 4.88. The highest BCUT2D eigenvalue weighted by molar-refractivity contribution is 6.32. The van der Waals surface area contributed by atoms with Crippen molar-refractivity contribution in [2.45, 2.75) is 13.3 Å². The van der Waals surface area contributed by atoms with Crippen LogP contribution in [-0.4, -0.2) is 61.6 Å². The minimum Gasteiger partial charge on any atom is -0.493 e. The Morgan fingerprint density at radius 2 is 1.74 bits per heavy atom. The van der Waals surface area contributed by atoms with E-state index < -0.39 is 0 Å². The fraction of sp³-hybridized carbons (Fsp3) is 0.364. The molecular weight excluding hydrogens is 425 g/mol. The van der Waals surface area contributed by atoms with Crippen LogP contribution in [0.5, 0.6) is 11.5 Å². The van der Waals surface area contributed by atoms with Gasteiger partial charge in [0.05, 0.1) is 18.7 Å². The van der Waals surface area contributed by atoms with Crippen molar-refractivity contribution < 1.29 is 23.5 Å². The molecule has 1 saturated heterocycles. The maximum absolute atomic E-state index is 13.0. The molecule has 31 heavy (non-hydrogen) atoms. The van der Waals surface area contributed by atoms with Crippen LogP contribution in [0.4, 0.5) is 14.9 Å². The van der Waals surface area contributed by atoms with Crippen LogP contribution in [0.2, 0.25) is 5.02 Å². The molecule has 3 amide bonds. The zero-order valence-electron chi connectivity index (χ0n) is 17.5. The summed E-state index contributed by atoms with van der Waals surface area (Å²) in [6.45, 7) is 3.99. The summed E-state index contributed by atoms with van der Waals surface area (Å²) >= 11 is 6.32. The van der Waals surface area contributed by atoms with Gasteiger partial charge in [-0.2, -0.15) is 0 Å². The zero-order valence-corrected chi connectivity index (χ0v) is 18.2. The van der Waals surface area contributed by atoms with Crippen molar-refractivity contribution in [1.29, 1.82) is 0 Å². The fourth-order valence-corrected chi connectivity index (χ4v) is 3.48. The first-order chi connectivity index (χ1) is 14.9. The van der Waals surface area contributed by atoms with Crippen molar-refractivity contribution in [3.05, 3.63) is 52.8 Å². The van der Waals surface area contributed by atoms with Crippen molar-refractivity contribution in [2.24, 2.45) is 0 Å². The first kappa shape index (κ1) is 22.7. The Morgan fingerprint density at radius 1 is 1.10 bits per heavy atom. The average Bonchev–Trinajstić information content (AvgIpc) is 2.79. The molecule has 1 fully saturated rings. The Kier molecular flexibility index (Phi) is 7.57. The number of ether oxygens (including phenoxy) is 2. The Balaban J connectivity index is 1.61. The average molecular weight is 450 g/mol. The third-order valence-corrected chi connectivity index (χ3v) is 5.16. The van der Waals surface area contributed by atoms with Crippen LogP contribution in [0.25, 0.3) is 0 Å². The lowest BCUT2D eigenvalue weighted by atomic mass is 10.1. The number of hydrogen-bond acceptors (Lipinski definition) is 4. The second-order valence-electron chi connectivity index (χ2n) is 7.05. The van der Waals surface area contributed by atoms with Crippen molar-refractivity contribution in [2.75, 3.05) is 45.2 Å². The topological polar surface area (TPSA) is 71.1 Å². The summed E-state index contributed by atoms with van der Waals surface area (Å²) in [6, 6.07) is 8.46. The Hall–Kier alpha value is -3.00. The molecule has 7 nitrogen and oxygen atoms in total. The molecule has 1 heterocycles. The minimum absolute atomic E-state index is 0.194. The van der Waals surface area contributed by atoms with Crippen LogP contribution in [0.15, 0.2) is 36.4 Å². The van der Waals surface area contributed by atoms with Gasteiger partial charge in [-0.1, -0.05) is 18.5 Å². The number of nitrogens with one attached hydrogen (secondary N) is 1. The van der Waals surface area contributed by atoms with Crippen LogP contribution in [0.1, 0.15) is 23.7 Å². The molecule has 166 valence electrons. The molecule has 0 atom stereocenters. The fourth-order valence-electron chi connectivity index (χ4n) is 3.22. The summed E-state index contributed by atoms with van der Waals surface area (Å²) in [6.07, 6.45) is 0.819. The number of rotatable bonds is 6. The van der Waals surface area contributed by atoms with Crippen LogP contribution in [-0.2, 0) is 0 Å². The molecule has 2 aromatic carbocycles. The molecule has 2 aromatic rings. The molecule has 1 aliphatic heterocycles. The van der Waals surface area contributed by atoms with Gasteiger partial charge in [0.1, 0.15) is 5.82 Å². The molecule has 3 rings (SSSR count). The van der Waals surface area contributed by atoms with Gasteiger partial charge >= 0.3 is 6.03 Å². The number of carbonyl (C=O) groups excluding carboxylic acids is 2. The van der Waals surface area contributed by atoms with Gasteiger partial charge in [-0.15, -0.1) is 0 Å². The molecule has 0 unspecified atom stereocenters. The van der Waals surface area contributed by atoms with E-state index in [1.54, 1.807) is 21.9 Å². The first-order valence-electron chi connectivity index (χ1n) is 10.0. The van der Waals surface area contributed by atoms with Crippen molar-refractivity contribution >= 4 is 29.2 Å². The highest BCUT2D eigenvalue weighted by atomic mass is 35.5. The molecule has 1 N–H and O–H groups in total. The number of halogens is 2. The van der Waals surface area contributed by atoms with E-state index >= 15 is 0 Å². The number of piperazine rings is 1. The number of hydrogen-bond donors (Lipinski definition) is 1. The molecule has 0 aromatic heterocycles. The van der Waals surface area contributed by atoms with Crippen LogP contribution >= 0.6 is 11.6 Å². The molecule has 0 saturated carbocycles. The van der Waals surface area contributed by atoms with Gasteiger partial charge in [0.25, 0.3) is 5.91 Å². The quantitative estimate of drug-likeness (QED) is 0.715. The lowest BCUT2D eigenvalue weighted by molar-refractivity contribution is 0.0671. The molecule has 1 aliphatic rings. The van der Waals surface area contributed by atoms with E-state index in [9.17, 15) is 14.0 Å². The van der Waals surface area contributed by atoms with Gasteiger partial charge in [-0.25, -0.2) is 9.18 Å². The summed E-state index contributed by atoms with van der Waals surface area (Å²) in [5.74, 6) is 0.263. The highest BCUT2D eigenvalue weighted by Gasteiger charge is 2.26. The number of methoxy groups -OCH3 is 1. The Labute approximate surface area is 185 Å².